The Hall–Kier alpha value is -1.03. The lowest BCUT2D eigenvalue weighted by Crippen LogP contribution is -2.39. The molecule has 1 aromatic rings. The number of hydrogen-bond acceptors (Lipinski definition) is 1. The van der Waals surface area contributed by atoms with E-state index >= 15 is 0 Å². The largest absolute Gasteiger partial charge is 0.415 e. The van der Waals surface area contributed by atoms with E-state index in [4.69, 9.17) is 4.74 Å². The molecule has 2 atom stereocenters. The SMILES string of the molecule is CC1CCC(C2CCC(c3ccc4c(c3)COC(C(F)(F)F)C4C)CC2)CC1. The van der Waals surface area contributed by atoms with Crippen molar-refractivity contribution in [3.63, 3.8) is 0 Å². The average Bonchev–Trinajstić information content (AvgIpc) is 2.68. The summed E-state index contributed by atoms with van der Waals surface area (Å²) in [5.74, 6) is 2.64. The molecule has 2 saturated carbocycles. The van der Waals surface area contributed by atoms with Gasteiger partial charge in [-0.25, -0.2) is 0 Å². The zero-order valence-electron chi connectivity index (χ0n) is 17.1. The van der Waals surface area contributed by atoms with Gasteiger partial charge in [0.2, 0.25) is 0 Å². The van der Waals surface area contributed by atoms with Gasteiger partial charge in [0.15, 0.2) is 6.10 Å². The van der Waals surface area contributed by atoms with E-state index < -0.39 is 18.2 Å². The third-order valence-corrected chi connectivity index (χ3v) is 7.82. The number of hydrogen-bond donors (Lipinski definition) is 0. The van der Waals surface area contributed by atoms with Crippen LogP contribution < -0.4 is 0 Å². The van der Waals surface area contributed by atoms with Crippen LogP contribution in [0.15, 0.2) is 18.2 Å². The van der Waals surface area contributed by atoms with Crippen LogP contribution >= 0.6 is 0 Å². The molecule has 0 radical (unpaired) electrons. The van der Waals surface area contributed by atoms with Crippen molar-refractivity contribution in [2.24, 2.45) is 17.8 Å². The summed E-state index contributed by atoms with van der Waals surface area (Å²) < 4.78 is 44.6. The zero-order chi connectivity index (χ0) is 19.9. The minimum Gasteiger partial charge on any atom is -0.363 e. The maximum atomic E-state index is 13.1. The van der Waals surface area contributed by atoms with Crippen LogP contribution in [0, 0.1) is 17.8 Å². The van der Waals surface area contributed by atoms with Crippen LogP contribution in [-0.4, -0.2) is 12.3 Å². The second-order valence-electron chi connectivity index (χ2n) is 9.65. The lowest BCUT2D eigenvalue weighted by Gasteiger charge is -2.38. The number of benzene rings is 1. The monoisotopic (exact) mass is 394 g/mol. The summed E-state index contributed by atoms with van der Waals surface area (Å²) in [6.45, 7) is 4.09. The van der Waals surface area contributed by atoms with Crippen molar-refractivity contribution < 1.29 is 17.9 Å². The number of halogens is 3. The Balaban J connectivity index is 1.39. The standard InChI is InChI=1S/C24H33F3O/c1-15-3-5-17(6-4-15)18-7-9-19(10-8-18)20-11-12-22-16(2)23(24(25,26)27)28-14-21(22)13-20/h11-13,15-19,23H,3-10,14H2,1-2H3. The molecule has 4 heteroatoms. The van der Waals surface area contributed by atoms with Crippen LogP contribution in [-0.2, 0) is 11.3 Å². The molecular formula is C24H33F3O. The Bertz CT molecular complexity index is 667. The van der Waals surface area contributed by atoms with E-state index in [1.165, 1.54) is 56.9 Å². The summed E-state index contributed by atoms with van der Waals surface area (Å²) in [6.07, 6.45) is 4.68. The molecule has 0 amide bonds. The highest BCUT2D eigenvalue weighted by molar-refractivity contribution is 5.38. The Labute approximate surface area is 167 Å². The van der Waals surface area contributed by atoms with Crippen molar-refractivity contribution in [1.82, 2.24) is 0 Å². The highest BCUT2D eigenvalue weighted by atomic mass is 19.4. The molecule has 1 nitrogen and oxygen atoms in total. The average molecular weight is 395 g/mol. The smallest absolute Gasteiger partial charge is 0.363 e. The van der Waals surface area contributed by atoms with Crippen molar-refractivity contribution in [2.75, 3.05) is 0 Å². The first-order chi connectivity index (χ1) is 13.3. The van der Waals surface area contributed by atoms with Crippen LogP contribution in [0.4, 0.5) is 13.2 Å². The molecule has 0 bridgehead atoms. The fourth-order valence-corrected chi connectivity index (χ4v) is 5.99. The Morgan fingerprint density at radius 1 is 0.857 bits per heavy atom. The maximum absolute atomic E-state index is 13.1. The number of fused-ring (bicyclic) bond motifs is 1. The first-order valence-electron chi connectivity index (χ1n) is 11.1. The Morgan fingerprint density at radius 3 is 2.07 bits per heavy atom. The third-order valence-electron chi connectivity index (χ3n) is 7.82. The summed E-state index contributed by atoms with van der Waals surface area (Å²) in [6, 6.07) is 6.15. The highest BCUT2D eigenvalue weighted by Gasteiger charge is 2.47. The number of rotatable bonds is 2. The molecular weight excluding hydrogens is 361 g/mol. The molecule has 156 valence electrons. The van der Waals surface area contributed by atoms with Crippen LogP contribution in [0.25, 0.3) is 0 Å². The third kappa shape index (κ3) is 4.13. The van der Waals surface area contributed by atoms with E-state index in [9.17, 15) is 13.2 Å². The number of ether oxygens (including phenoxy) is 1. The molecule has 2 aliphatic carbocycles. The maximum Gasteiger partial charge on any atom is 0.415 e. The van der Waals surface area contributed by atoms with Gasteiger partial charge in [0.1, 0.15) is 0 Å². The summed E-state index contributed by atoms with van der Waals surface area (Å²) >= 11 is 0. The summed E-state index contributed by atoms with van der Waals surface area (Å²) in [5.41, 5.74) is 3.06. The van der Waals surface area contributed by atoms with Crippen molar-refractivity contribution >= 4 is 0 Å². The van der Waals surface area contributed by atoms with Gasteiger partial charge >= 0.3 is 6.18 Å². The van der Waals surface area contributed by atoms with E-state index in [0.29, 0.717) is 5.92 Å². The zero-order valence-corrected chi connectivity index (χ0v) is 17.1. The summed E-state index contributed by atoms with van der Waals surface area (Å²) in [4.78, 5) is 0. The van der Waals surface area contributed by atoms with E-state index in [-0.39, 0.29) is 6.61 Å². The quantitative estimate of drug-likeness (QED) is 0.509. The molecule has 28 heavy (non-hydrogen) atoms. The van der Waals surface area contributed by atoms with Gasteiger partial charge in [0.05, 0.1) is 6.61 Å². The van der Waals surface area contributed by atoms with Crippen LogP contribution in [0.5, 0.6) is 0 Å². The van der Waals surface area contributed by atoms with E-state index in [0.717, 1.165) is 28.9 Å². The Morgan fingerprint density at radius 2 is 1.46 bits per heavy atom. The fourth-order valence-electron chi connectivity index (χ4n) is 5.99. The first kappa shape index (κ1) is 20.3. The molecule has 2 unspecified atom stereocenters. The fraction of sp³-hybridized carbons (Fsp3) is 0.750. The predicted octanol–water partition coefficient (Wildman–Crippen LogP) is 7.35. The van der Waals surface area contributed by atoms with E-state index in [1.807, 2.05) is 6.07 Å². The molecule has 4 rings (SSSR count). The molecule has 0 aromatic heterocycles. The van der Waals surface area contributed by atoms with Crippen molar-refractivity contribution in [3.05, 3.63) is 34.9 Å². The van der Waals surface area contributed by atoms with Crippen molar-refractivity contribution in [3.8, 4) is 0 Å². The molecule has 1 aliphatic heterocycles. The molecule has 0 saturated heterocycles. The van der Waals surface area contributed by atoms with Crippen molar-refractivity contribution in [2.45, 2.75) is 95.9 Å². The van der Waals surface area contributed by atoms with Crippen LogP contribution in [0.1, 0.15) is 93.7 Å². The minimum absolute atomic E-state index is 0.0767. The van der Waals surface area contributed by atoms with Crippen molar-refractivity contribution in [1.29, 1.82) is 0 Å². The second kappa shape index (κ2) is 8.01. The lowest BCUT2D eigenvalue weighted by molar-refractivity contribution is -0.233. The van der Waals surface area contributed by atoms with E-state index in [2.05, 4.69) is 19.1 Å². The molecule has 0 N–H and O–H groups in total. The predicted molar refractivity (Wildman–Crippen MR) is 105 cm³/mol. The van der Waals surface area contributed by atoms with Gasteiger partial charge in [0.25, 0.3) is 0 Å². The van der Waals surface area contributed by atoms with Gasteiger partial charge < -0.3 is 4.74 Å². The topological polar surface area (TPSA) is 9.23 Å². The molecule has 0 spiro atoms. The van der Waals surface area contributed by atoms with Gasteiger partial charge in [-0.05, 0) is 78.9 Å². The lowest BCUT2D eigenvalue weighted by atomic mass is 9.68. The normalized spacial score (nSPS) is 36.8. The minimum atomic E-state index is -4.30. The molecule has 3 aliphatic rings. The molecule has 1 heterocycles. The molecule has 2 fully saturated rings. The summed E-state index contributed by atoms with van der Waals surface area (Å²) in [5, 5.41) is 0. The van der Waals surface area contributed by atoms with Gasteiger partial charge in [-0.15, -0.1) is 0 Å². The van der Waals surface area contributed by atoms with Gasteiger partial charge in [0, 0.05) is 5.92 Å². The van der Waals surface area contributed by atoms with Gasteiger partial charge in [-0.1, -0.05) is 44.9 Å². The molecule has 1 aromatic carbocycles. The van der Waals surface area contributed by atoms with Gasteiger partial charge in [-0.3, -0.25) is 0 Å². The summed E-state index contributed by atoms with van der Waals surface area (Å²) in [7, 11) is 0. The van der Waals surface area contributed by atoms with E-state index in [1.54, 1.807) is 6.92 Å². The van der Waals surface area contributed by atoms with Gasteiger partial charge in [-0.2, -0.15) is 13.2 Å². The van der Waals surface area contributed by atoms with Crippen LogP contribution in [0.3, 0.4) is 0 Å². The Kier molecular flexibility index (Phi) is 5.79. The number of alkyl halides is 3. The highest BCUT2D eigenvalue weighted by Crippen LogP contribution is 2.45. The first-order valence-corrected chi connectivity index (χ1v) is 11.1. The second-order valence-corrected chi connectivity index (χ2v) is 9.65. The van der Waals surface area contributed by atoms with Crippen LogP contribution in [0.2, 0.25) is 0 Å².